The Balaban J connectivity index is 1.98. The molecule has 0 amide bonds. The third-order valence-corrected chi connectivity index (χ3v) is 5.21. The van der Waals surface area contributed by atoms with Gasteiger partial charge in [-0.25, -0.2) is 4.98 Å². The summed E-state index contributed by atoms with van der Waals surface area (Å²) in [4.78, 5) is 4.76. The molecule has 1 unspecified atom stereocenters. The van der Waals surface area contributed by atoms with Gasteiger partial charge in [0, 0.05) is 29.2 Å². The number of likely N-dealkylation sites (N-methyl/N-ethyl adjacent to an activating group) is 1. The third kappa shape index (κ3) is 4.62. The highest BCUT2D eigenvalue weighted by molar-refractivity contribution is 7.99. The van der Waals surface area contributed by atoms with E-state index in [9.17, 15) is 0 Å². The Kier molecular flexibility index (Phi) is 6.07. The molecule has 0 bridgehead atoms. The molecule has 2 aromatic rings. The fourth-order valence-corrected chi connectivity index (χ4v) is 3.70. The standard InChI is InChI=1S/C16H22N2S2/c1-12(2)19-10-14(17-3)9-16-18-15(11-20-16)13-7-5-4-6-8-13/h4-8,11-12,14,17H,9-10H2,1-3H3. The van der Waals surface area contributed by atoms with Crippen LogP contribution >= 0.6 is 23.1 Å². The molecule has 1 N–H and O–H groups in total. The van der Waals surface area contributed by atoms with Gasteiger partial charge in [0.2, 0.25) is 0 Å². The number of nitrogens with zero attached hydrogens (tertiary/aromatic N) is 1. The van der Waals surface area contributed by atoms with Crippen LogP contribution < -0.4 is 5.32 Å². The second kappa shape index (κ2) is 7.81. The monoisotopic (exact) mass is 306 g/mol. The van der Waals surface area contributed by atoms with Gasteiger partial charge in [0.25, 0.3) is 0 Å². The molecule has 0 spiro atoms. The minimum Gasteiger partial charge on any atom is -0.316 e. The molecule has 1 aromatic heterocycles. The van der Waals surface area contributed by atoms with Gasteiger partial charge in [-0.15, -0.1) is 11.3 Å². The molecule has 20 heavy (non-hydrogen) atoms. The Labute approximate surface area is 130 Å². The van der Waals surface area contributed by atoms with Gasteiger partial charge in [-0.2, -0.15) is 11.8 Å². The van der Waals surface area contributed by atoms with Gasteiger partial charge in [0.05, 0.1) is 10.7 Å². The number of thiazole rings is 1. The van der Waals surface area contributed by atoms with Gasteiger partial charge < -0.3 is 5.32 Å². The van der Waals surface area contributed by atoms with Crippen molar-refractivity contribution >= 4 is 23.1 Å². The Morgan fingerprint density at radius 3 is 2.65 bits per heavy atom. The molecular formula is C16H22N2S2. The maximum absolute atomic E-state index is 4.76. The summed E-state index contributed by atoms with van der Waals surface area (Å²) in [7, 11) is 2.04. The van der Waals surface area contributed by atoms with Crippen molar-refractivity contribution in [3.63, 3.8) is 0 Å². The van der Waals surface area contributed by atoms with Crippen LogP contribution in [0.15, 0.2) is 35.7 Å². The number of benzene rings is 1. The Morgan fingerprint density at radius 2 is 2.00 bits per heavy atom. The van der Waals surface area contributed by atoms with Crippen LogP contribution in [0.25, 0.3) is 11.3 Å². The predicted octanol–water partition coefficient (Wildman–Crippen LogP) is 4.08. The molecule has 1 aromatic carbocycles. The maximum Gasteiger partial charge on any atom is 0.0948 e. The summed E-state index contributed by atoms with van der Waals surface area (Å²) < 4.78 is 0. The van der Waals surface area contributed by atoms with E-state index in [0.717, 1.165) is 17.9 Å². The fourth-order valence-electron chi connectivity index (χ4n) is 1.91. The van der Waals surface area contributed by atoms with Crippen molar-refractivity contribution in [3.8, 4) is 11.3 Å². The van der Waals surface area contributed by atoms with Gasteiger partial charge in [-0.1, -0.05) is 44.2 Å². The molecule has 0 aliphatic carbocycles. The Morgan fingerprint density at radius 1 is 1.25 bits per heavy atom. The average molecular weight is 306 g/mol. The fraction of sp³-hybridized carbons (Fsp3) is 0.438. The molecule has 0 radical (unpaired) electrons. The first-order chi connectivity index (χ1) is 9.69. The predicted molar refractivity (Wildman–Crippen MR) is 91.7 cm³/mol. The van der Waals surface area contributed by atoms with Crippen LogP contribution in [0, 0.1) is 0 Å². The zero-order chi connectivity index (χ0) is 14.4. The van der Waals surface area contributed by atoms with Crippen LogP contribution in [0.1, 0.15) is 18.9 Å². The van der Waals surface area contributed by atoms with Crippen LogP contribution in [0.5, 0.6) is 0 Å². The van der Waals surface area contributed by atoms with Crippen molar-refractivity contribution in [1.29, 1.82) is 0 Å². The summed E-state index contributed by atoms with van der Waals surface area (Å²) in [6.07, 6.45) is 1.01. The molecule has 1 atom stereocenters. The molecule has 2 nitrogen and oxygen atoms in total. The molecule has 0 saturated heterocycles. The summed E-state index contributed by atoms with van der Waals surface area (Å²) in [5, 5.41) is 7.46. The third-order valence-electron chi connectivity index (χ3n) is 3.08. The maximum atomic E-state index is 4.76. The minimum atomic E-state index is 0.497. The highest BCUT2D eigenvalue weighted by Crippen LogP contribution is 2.23. The Bertz CT molecular complexity index is 508. The van der Waals surface area contributed by atoms with Crippen molar-refractivity contribution in [2.45, 2.75) is 31.6 Å². The lowest BCUT2D eigenvalue weighted by atomic mass is 10.2. The lowest BCUT2D eigenvalue weighted by molar-refractivity contribution is 0.615. The second-order valence-electron chi connectivity index (χ2n) is 5.06. The first-order valence-electron chi connectivity index (χ1n) is 6.97. The molecule has 0 aliphatic heterocycles. The van der Waals surface area contributed by atoms with E-state index in [4.69, 9.17) is 4.98 Å². The molecular weight excluding hydrogens is 284 g/mol. The van der Waals surface area contributed by atoms with Crippen LogP contribution in [-0.4, -0.2) is 29.1 Å². The summed E-state index contributed by atoms with van der Waals surface area (Å²) in [6.45, 7) is 4.49. The number of thioether (sulfide) groups is 1. The summed E-state index contributed by atoms with van der Waals surface area (Å²) in [6, 6.07) is 10.9. The van der Waals surface area contributed by atoms with Crippen molar-refractivity contribution in [2.24, 2.45) is 0 Å². The lowest BCUT2D eigenvalue weighted by Gasteiger charge is -2.15. The molecule has 2 rings (SSSR count). The first-order valence-corrected chi connectivity index (χ1v) is 8.90. The van der Waals surface area contributed by atoms with E-state index in [1.54, 1.807) is 11.3 Å². The average Bonchev–Trinajstić information content (AvgIpc) is 2.92. The smallest absolute Gasteiger partial charge is 0.0948 e. The van der Waals surface area contributed by atoms with Crippen LogP contribution in [-0.2, 0) is 6.42 Å². The SMILES string of the molecule is CNC(CSC(C)C)Cc1nc(-c2ccccc2)cs1. The zero-order valence-electron chi connectivity index (χ0n) is 12.3. The molecule has 4 heteroatoms. The summed E-state index contributed by atoms with van der Waals surface area (Å²) >= 11 is 3.76. The number of nitrogens with one attached hydrogen (secondary N) is 1. The molecule has 1 heterocycles. The van der Waals surface area contributed by atoms with Gasteiger partial charge in [-0.3, -0.25) is 0 Å². The van der Waals surface area contributed by atoms with Crippen LogP contribution in [0.3, 0.4) is 0 Å². The van der Waals surface area contributed by atoms with E-state index >= 15 is 0 Å². The van der Waals surface area contributed by atoms with Crippen molar-refractivity contribution in [3.05, 3.63) is 40.7 Å². The van der Waals surface area contributed by atoms with Gasteiger partial charge in [-0.05, 0) is 12.3 Å². The van der Waals surface area contributed by atoms with E-state index in [1.165, 1.54) is 10.6 Å². The second-order valence-corrected chi connectivity index (χ2v) is 7.62. The van der Waals surface area contributed by atoms with E-state index in [1.807, 2.05) is 24.9 Å². The lowest BCUT2D eigenvalue weighted by Crippen LogP contribution is -2.30. The number of hydrogen-bond acceptors (Lipinski definition) is 4. The topological polar surface area (TPSA) is 24.9 Å². The van der Waals surface area contributed by atoms with Crippen LogP contribution in [0.4, 0.5) is 0 Å². The normalized spacial score (nSPS) is 12.8. The van der Waals surface area contributed by atoms with Crippen molar-refractivity contribution in [1.82, 2.24) is 10.3 Å². The molecule has 0 fully saturated rings. The highest BCUT2D eigenvalue weighted by Gasteiger charge is 2.12. The zero-order valence-corrected chi connectivity index (χ0v) is 13.9. The van der Waals surface area contributed by atoms with E-state index in [-0.39, 0.29) is 0 Å². The minimum absolute atomic E-state index is 0.497. The van der Waals surface area contributed by atoms with Crippen molar-refractivity contribution < 1.29 is 0 Å². The Hall–Kier alpha value is -0.840. The van der Waals surface area contributed by atoms with E-state index < -0.39 is 0 Å². The van der Waals surface area contributed by atoms with Gasteiger partial charge in [0.15, 0.2) is 0 Å². The van der Waals surface area contributed by atoms with Gasteiger partial charge in [0.1, 0.15) is 0 Å². The number of rotatable bonds is 7. The quantitative estimate of drug-likeness (QED) is 0.834. The summed E-state index contributed by atoms with van der Waals surface area (Å²) in [5.41, 5.74) is 2.30. The number of aromatic nitrogens is 1. The highest BCUT2D eigenvalue weighted by atomic mass is 32.2. The summed E-state index contributed by atoms with van der Waals surface area (Å²) in [5.74, 6) is 1.13. The number of hydrogen-bond donors (Lipinski definition) is 1. The van der Waals surface area contributed by atoms with Crippen LogP contribution in [0.2, 0.25) is 0 Å². The van der Waals surface area contributed by atoms with E-state index in [0.29, 0.717) is 11.3 Å². The van der Waals surface area contributed by atoms with Gasteiger partial charge >= 0.3 is 0 Å². The molecule has 0 aliphatic rings. The first kappa shape index (κ1) is 15.5. The molecule has 0 saturated carbocycles. The van der Waals surface area contributed by atoms with Crippen molar-refractivity contribution in [2.75, 3.05) is 12.8 Å². The van der Waals surface area contributed by atoms with E-state index in [2.05, 4.69) is 48.8 Å². The largest absolute Gasteiger partial charge is 0.316 e. The molecule has 108 valence electrons.